The molecule has 2 heterocycles. The first kappa shape index (κ1) is 19.5. The van der Waals surface area contributed by atoms with Crippen molar-refractivity contribution in [2.75, 3.05) is 26.5 Å². The summed E-state index contributed by atoms with van der Waals surface area (Å²) in [5.41, 5.74) is 2.09. The second-order valence-electron chi connectivity index (χ2n) is 6.83. The monoisotopic (exact) mass is 381 g/mol. The Balaban J connectivity index is 0.000000166. The number of pyridine rings is 1. The summed E-state index contributed by atoms with van der Waals surface area (Å²) in [6, 6.07) is 12.3. The molecule has 1 aliphatic heterocycles. The van der Waals surface area contributed by atoms with Gasteiger partial charge < -0.3 is 9.64 Å². The fourth-order valence-electron chi connectivity index (χ4n) is 3.31. The Morgan fingerprint density at radius 1 is 1.22 bits per heavy atom. The average Bonchev–Trinajstić information content (AvgIpc) is 3.34. The van der Waals surface area contributed by atoms with E-state index in [1.807, 2.05) is 12.1 Å². The van der Waals surface area contributed by atoms with Crippen molar-refractivity contribution < 1.29 is 4.74 Å². The van der Waals surface area contributed by atoms with Crippen LogP contribution in [0.15, 0.2) is 65.3 Å². The van der Waals surface area contributed by atoms with Crippen LogP contribution in [0, 0.1) is 11.8 Å². The van der Waals surface area contributed by atoms with Crippen LogP contribution in [0.1, 0.15) is 13.3 Å². The summed E-state index contributed by atoms with van der Waals surface area (Å²) < 4.78 is 5.08. The number of aromatic nitrogens is 1. The third-order valence-electron chi connectivity index (χ3n) is 5.07. The van der Waals surface area contributed by atoms with Crippen LogP contribution in [0.5, 0.6) is 5.75 Å². The van der Waals surface area contributed by atoms with Gasteiger partial charge in [0.05, 0.1) is 19.0 Å². The topological polar surface area (TPSA) is 37.7 Å². The first-order valence-corrected chi connectivity index (χ1v) is 10.4. The molecule has 2 aromatic rings. The predicted molar refractivity (Wildman–Crippen MR) is 114 cm³/mol. The van der Waals surface area contributed by atoms with Crippen molar-refractivity contribution in [3.63, 3.8) is 0 Å². The number of likely N-dealkylation sites (tertiary alicyclic amines) is 1. The fourth-order valence-corrected chi connectivity index (χ4v) is 3.72. The molecule has 0 N–H and O–H groups in total. The van der Waals surface area contributed by atoms with E-state index in [-0.39, 0.29) is 0 Å². The number of fused-ring (bicyclic) bond motifs is 1. The number of benzene rings is 1. The van der Waals surface area contributed by atoms with Gasteiger partial charge in [-0.15, -0.1) is 11.8 Å². The first-order valence-electron chi connectivity index (χ1n) is 9.19. The summed E-state index contributed by atoms with van der Waals surface area (Å²) in [6.07, 6.45) is 6.88. The minimum Gasteiger partial charge on any atom is -0.495 e. The van der Waals surface area contributed by atoms with Crippen LogP contribution in [0.2, 0.25) is 0 Å². The van der Waals surface area contributed by atoms with Crippen LogP contribution in [0.4, 0.5) is 0 Å². The average molecular weight is 382 g/mol. The van der Waals surface area contributed by atoms with E-state index in [1.165, 1.54) is 24.4 Å². The second-order valence-corrected chi connectivity index (χ2v) is 7.71. The summed E-state index contributed by atoms with van der Waals surface area (Å²) in [5.74, 6) is 3.90. The Labute approximate surface area is 166 Å². The number of amidine groups is 1. The Morgan fingerprint density at radius 2 is 1.93 bits per heavy atom. The maximum absolute atomic E-state index is 5.08. The quantitative estimate of drug-likeness (QED) is 0.425. The van der Waals surface area contributed by atoms with Crippen LogP contribution in [0.3, 0.4) is 0 Å². The minimum absolute atomic E-state index is 0.782. The molecule has 27 heavy (non-hydrogen) atoms. The molecule has 1 saturated carbocycles. The molecule has 1 aromatic heterocycles. The van der Waals surface area contributed by atoms with Gasteiger partial charge in [-0.1, -0.05) is 18.7 Å². The molecular weight excluding hydrogens is 354 g/mol. The van der Waals surface area contributed by atoms with Crippen molar-refractivity contribution >= 4 is 17.6 Å². The third kappa shape index (κ3) is 5.13. The van der Waals surface area contributed by atoms with Crippen LogP contribution in [0.25, 0.3) is 11.3 Å². The zero-order valence-corrected chi connectivity index (χ0v) is 17.1. The molecule has 0 amide bonds. The summed E-state index contributed by atoms with van der Waals surface area (Å²) in [4.78, 5) is 12.1. The lowest BCUT2D eigenvalue weighted by Crippen LogP contribution is -2.27. The SMILES string of the molecule is C=CN=C(C)N1CC2CC2C1.COc1ccc(-c2ccc(SC)cc2)nc1. The van der Waals surface area contributed by atoms with Gasteiger partial charge in [-0.2, -0.15) is 0 Å². The Kier molecular flexibility index (Phi) is 6.56. The third-order valence-corrected chi connectivity index (χ3v) is 5.82. The lowest BCUT2D eigenvalue weighted by atomic mass is 10.1. The Hall–Kier alpha value is -2.27. The summed E-state index contributed by atoms with van der Waals surface area (Å²) in [6.45, 7) is 8.11. The zero-order chi connectivity index (χ0) is 19.2. The number of hydrogen-bond acceptors (Lipinski definition) is 4. The lowest BCUT2D eigenvalue weighted by Gasteiger charge is -2.18. The molecule has 2 aliphatic rings. The van der Waals surface area contributed by atoms with Crippen molar-refractivity contribution in [2.45, 2.75) is 18.2 Å². The van der Waals surface area contributed by atoms with Crippen molar-refractivity contribution in [2.24, 2.45) is 16.8 Å². The highest BCUT2D eigenvalue weighted by Crippen LogP contribution is 2.44. The maximum atomic E-state index is 5.08. The van der Waals surface area contributed by atoms with Gasteiger partial charge in [0.2, 0.25) is 0 Å². The van der Waals surface area contributed by atoms with Crippen LogP contribution < -0.4 is 4.74 Å². The van der Waals surface area contributed by atoms with Crippen molar-refractivity contribution in [3.05, 3.63) is 55.4 Å². The first-order chi connectivity index (χ1) is 13.1. The van der Waals surface area contributed by atoms with Gasteiger partial charge in [-0.25, -0.2) is 4.99 Å². The van der Waals surface area contributed by atoms with Crippen LogP contribution in [-0.2, 0) is 0 Å². The summed E-state index contributed by atoms with van der Waals surface area (Å²) in [5, 5.41) is 0. The van der Waals surface area contributed by atoms with Gasteiger partial charge in [0.25, 0.3) is 0 Å². The molecule has 0 spiro atoms. The number of nitrogens with zero attached hydrogens (tertiary/aromatic N) is 3. The predicted octanol–water partition coefficient (Wildman–Crippen LogP) is 4.98. The van der Waals surface area contributed by atoms with Crippen molar-refractivity contribution in [1.82, 2.24) is 9.88 Å². The molecule has 0 radical (unpaired) electrons. The van der Waals surface area contributed by atoms with Gasteiger partial charge in [-0.3, -0.25) is 4.98 Å². The van der Waals surface area contributed by atoms with E-state index in [1.54, 1.807) is 31.3 Å². The standard InChI is InChI=1S/C13H13NOS.C9H14N2/c1-15-11-5-8-13(14-9-11)10-3-6-12(16-2)7-4-10;1-3-10-7(2)11-5-8-4-9(8)6-11/h3-9H,1-2H3;3,8-9H,1,4-6H2,2H3. The van der Waals surface area contributed by atoms with Crippen molar-refractivity contribution in [3.8, 4) is 17.0 Å². The highest BCUT2D eigenvalue weighted by molar-refractivity contribution is 7.98. The zero-order valence-electron chi connectivity index (χ0n) is 16.3. The van der Waals surface area contributed by atoms with E-state index < -0.39 is 0 Å². The molecule has 0 bridgehead atoms. The maximum Gasteiger partial charge on any atom is 0.137 e. The van der Waals surface area contributed by atoms with Crippen molar-refractivity contribution in [1.29, 1.82) is 0 Å². The normalized spacial score (nSPS) is 20.4. The Morgan fingerprint density at radius 3 is 2.44 bits per heavy atom. The highest BCUT2D eigenvalue weighted by Gasteiger charge is 2.45. The molecule has 1 saturated heterocycles. The molecule has 142 valence electrons. The van der Waals surface area contributed by atoms with E-state index in [2.05, 4.69) is 58.9 Å². The molecule has 5 heteroatoms. The second kappa shape index (κ2) is 9.09. The van der Waals surface area contributed by atoms with E-state index in [0.717, 1.165) is 34.7 Å². The van der Waals surface area contributed by atoms with Gasteiger partial charge in [0, 0.05) is 29.7 Å². The number of aliphatic imine (C=N–C) groups is 1. The minimum atomic E-state index is 0.782. The molecule has 2 atom stereocenters. The molecule has 4 nitrogen and oxygen atoms in total. The number of thioether (sulfide) groups is 1. The summed E-state index contributed by atoms with van der Waals surface area (Å²) in [7, 11) is 1.64. The van der Waals surface area contributed by atoms with Gasteiger partial charge in [-0.05, 0) is 55.7 Å². The fraction of sp³-hybridized carbons (Fsp3) is 0.364. The summed E-state index contributed by atoms with van der Waals surface area (Å²) >= 11 is 1.74. The van der Waals surface area contributed by atoms with E-state index in [0.29, 0.717) is 0 Å². The molecule has 4 rings (SSSR count). The van der Waals surface area contributed by atoms with Crippen LogP contribution >= 0.6 is 11.8 Å². The molecule has 2 fully saturated rings. The highest BCUT2D eigenvalue weighted by atomic mass is 32.2. The van der Waals surface area contributed by atoms with Gasteiger partial charge >= 0.3 is 0 Å². The lowest BCUT2D eigenvalue weighted by molar-refractivity contribution is 0.413. The Bertz CT molecular complexity index is 731. The number of methoxy groups -OCH3 is 1. The molecular formula is C22H27N3OS. The van der Waals surface area contributed by atoms with Crippen LogP contribution in [-0.4, -0.2) is 42.2 Å². The van der Waals surface area contributed by atoms with E-state index in [4.69, 9.17) is 4.74 Å². The van der Waals surface area contributed by atoms with E-state index in [9.17, 15) is 0 Å². The van der Waals surface area contributed by atoms with E-state index >= 15 is 0 Å². The largest absolute Gasteiger partial charge is 0.495 e. The number of ether oxygens (including phenoxy) is 1. The smallest absolute Gasteiger partial charge is 0.137 e. The van der Waals surface area contributed by atoms with Gasteiger partial charge in [0.15, 0.2) is 0 Å². The number of piperidine rings is 1. The molecule has 2 unspecified atom stereocenters. The number of rotatable bonds is 4. The molecule has 1 aliphatic carbocycles. The molecule has 1 aromatic carbocycles. The number of hydrogen-bond donors (Lipinski definition) is 0. The van der Waals surface area contributed by atoms with Gasteiger partial charge in [0.1, 0.15) is 11.6 Å².